The summed E-state index contributed by atoms with van der Waals surface area (Å²) in [7, 11) is -2.27. The van der Waals surface area contributed by atoms with Crippen LogP contribution in [0.15, 0.2) is 77.7 Å². The van der Waals surface area contributed by atoms with Crippen LogP contribution in [0.25, 0.3) is 0 Å². The first-order valence-corrected chi connectivity index (χ1v) is 10.8. The van der Waals surface area contributed by atoms with E-state index in [1.807, 2.05) is 6.92 Å². The normalized spacial score (nSPS) is 11.1. The predicted molar refractivity (Wildman–Crippen MR) is 116 cm³/mol. The van der Waals surface area contributed by atoms with Gasteiger partial charge in [-0.05, 0) is 54.4 Å². The summed E-state index contributed by atoms with van der Waals surface area (Å²) in [5.74, 6) is -0.198. The summed E-state index contributed by atoms with van der Waals surface area (Å²) in [6.07, 6.45) is 0. The summed E-state index contributed by atoms with van der Waals surface area (Å²) in [6, 6.07) is 20.3. The van der Waals surface area contributed by atoms with Crippen LogP contribution in [0.2, 0.25) is 5.02 Å². The van der Waals surface area contributed by atoms with Gasteiger partial charge >= 0.3 is 0 Å². The Labute approximate surface area is 176 Å². The Morgan fingerprint density at radius 1 is 1.00 bits per heavy atom. The zero-order valence-electron chi connectivity index (χ0n) is 16.1. The molecule has 1 amide bonds. The maximum Gasteiger partial charge on any atom is 0.264 e. The van der Waals surface area contributed by atoms with Crippen LogP contribution in [0.1, 0.15) is 21.5 Å². The quantitative estimate of drug-likeness (QED) is 0.632. The number of amides is 1. The van der Waals surface area contributed by atoms with E-state index >= 15 is 0 Å². The summed E-state index contributed by atoms with van der Waals surface area (Å²) >= 11 is 6.17. The number of hydrogen-bond donors (Lipinski definition) is 1. The lowest BCUT2D eigenvalue weighted by atomic mass is 10.1. The van der Waals surface area contributed by atoms with Gasteiger partial charge in [0.15, 0.2) is 0 Å². The standard InChI is InChI=1S/C22H21ClN2O3S/c1-16-8-13-19(23)14-21(16)25(29(27,28)20-6-4-3-5-7-20)15-17-9-11-18(12-10-17)22(26)24-2/h3-14H,15H2,1-2H3,(H,24,26). The molecule has 0 aliphatic carbocycles. The van der Waals surface area contributed by atoms with Crippen LogP contribution in [0.5, 0.6) is 0 Å². The summed E-state index contributed by atoms with van der Waals surface area (Å²) in [6.45, 7) is 1.94. The van der Waals surface area contributed by atoms with Crippen molar-refractivity contribution in [2.45, 2.75) is 18.4 Å². The number of sulfonamides is 1. The number of anilines is 1. The van der Waals surface area contributed by atoms with Crippen LogP contribution in [0.3, 0.4) is 0 Å². The molecule has 0 saturated heterocycles. The van der Waals surface area contributed by atoms with Crippen LogP contribution >= 0.6 is 11.6 Å². The highest BCUT2D eigenvalue weighted by Crippen LogP contribution is 2.31. The maximum atomic E-state index is 13.4. The Hall–Kier alpha value is -2.83. The van der Waals surface area contributed by atoms with Crippen molar-refractivity contribution in [2.75, 3.05) is 11.4 Å². The van der Waals surface area contributed by atoms with Crippen molar-refractivity contribution in [1.82, 2.24) is 5.32 Å². The van der Waals surface area contributed by atoms with Gasteiger partial charge in [0.25, 0.3) is 15.9 Å². The number of carbonyl (C=O) groups is 1. The highest BCUT2D eigenvalue weighted by atomic mass is 35.5. The van der Waals surface area contributed by atoms with Crippen LogP contribution in [0, 0.1) is 6.92 Å². The van der Waals surface area contributed by atoms with Gasteiger partial charge in [-0.15, -0.1) is 0 Å². The number of rotatable bonds is 6. The molecule has 1 N–H and O–H groups in total. The van der Waals surface area contributed by atoms with E-state index in [4.69, 9.17) is 11.6 Å². The molecule has 150 valence electrons. The molecule has 0 aromatic heterocycles. The number of nitrogens with one attached hydrogen (secondary N) is 1. The highest BCUT2D eigenvalue weighted by Gasteiger charge is 2.26. The van der Waals surface area contributed by atoms with Crippen LogP contribution in [-0.2, 0) is 16.6 Å². The molecular weight excluding hydrogens is 408 g/mol. The van der Waals surface area contributed by atoms with Gasteiger partial charge in [0.1, 0.15) is 0 Å². The molecule has 0 atom stereocenters. The average Bonchev–Trinajstić information content (AvgIpc) is 2.74. The van der Waals surface area contributed by atoms with Crippen molar-refractivity contribution in [3.05, 3.63) is 94.5 Å². The molecule has 3 rings (SSSR count). The highest BCUT2D eigenvalue weighted by molar-refractivity contribution is 7.92. The number of nitrogens with zero attached hydrogens (tertiary/aromatic N) is 1. The molecule has 0 radical (unpaired) electrons. The fourth-order valence-corrected chi connectivity index (χ4v) is 4.64. The molecule has 0 fully saturated rings. The molecule has 0 saturated carbocycles. The monoisotopic (exact) mass is 428 g/mol. The number of carbonyl (C=O) groups excluding carboxylic acids is 1. The average molecular weight is 429 g/mol. The van der Waals surface area contributed by atoms with Gasteiger partial charge in [0, 0.05) is 17.6 Å². The van der Waals surface area contributed by atoms with Gasteiger partial charge in [0.05, 0.1) is 17.1 Å². The van der Waals surface area contributed by atoms with E-state index in [2.05, 4.69) is 5.32 Å². The van der Waals surface area contributed by atoms with Gasteiger partial charge in [-0.2, -0.15) is 0 Å². The lowest BCUT2D eigenvalue weighted by molar-refractivity contribution is 0.0963. The molecule has 3 aromatic carbocycles. The number of hydrogen-bond acceptors (Lipinski definition) is 3. The second-order valence-electron chi connectivity index (χ2n) is 6.53. The minimum absolute atomic E-state index is 0.104. The summed E-state index contributed by atoms with van der Waals surface area (Å²) < 4.78 is 28.2. The smallest absolute Gasteiger partial charge is 0.264 e. The summed E-state index contributed by atoms with van der Waals surface area (Å²) in [5.41, 5.74) is 2.55. The maximum absolute atomic E-state index is 13.4. The third kappa shape index (κ3) is 4.60. The van der Waals surface area contributed by atoms with E-state index in [0.717, 1.165) is 11.1 Å². The molecule has 5 nitrogen and oxygen atoms in total. The second-order valence-corrected chi connectivity index (χ2v) is 8.83. The molecule has 0 heterocycles. The van der Waals surface area contributed by atoms with E-state index < -0.39 is 10.0 Å². The molecule has 0 unspecified atom stereocenters. The number of aryl methyl sites for hydroxylation is 1. The van der Waals surface area contributed by atoms with E-state index in [1.165, 1.54) is 4.31 Å². The van der Waals surface area contributed by atoms with Gasteiger partial charge < -0.3 is 5.32 Å². The SMILES string of the molecule is CNC(=O)c1ccc(CN(c2cc(Cl)ccc2C)S(=O)(=O)c2ccccc2)cc1. The largest absolute Gasteiger partial charge is 0.355 e. The Morgan fingerprint density at radius 3 is 2.28 bits per heavy atom. The van der Waals surface area contributed by atoms with E-state index in [-0.39, 0.29) is 17.3 Å². The third-order valence-electron chi connectivity index (χ3n) is 4.54. The minimum Gasteiger partial charge on any atom is -0.355 e. The van der Waals surface area contributed by atoms with Crippen molar-refractivity contribution in [3.63, 3.8) is 0 Å². The van der Waals surface area contributed by atoms with E-state index in [1.54, 1.807) is 79.8 Å². The van der Waals surface area contributed by atoms with Crippen molar-refractivity contribution in [2.24, 2.45) is 0 Å². The first-order chi connectivity index (χ1) is 13.8. The van der Waals surface area contributed by atoms with Crippen LogP contribution in [-0.4, -0.2) is 21.4 Å². The Balaban J connectivity index is 2.06. The van der Waals surface area contributed by atoms with Crippen molar-refractivity contribution in [1.29, 1.82) is 0 Å². The van der Waals surface area contributed by atoms with Gasteiger partial charge in [-0.3, -0.25) is 9.10 Å². The fourth-order valence-electron chi connectivity index (χ4n) is 2.94. The van der Waals surface area contributed by atoms with E-state index in [0.29, 0.717) is 16.3 Å². The molecule has 0 aliphatic rings. The minimum atomic E-state index is -3.83. The summed E-state index contributed by atoms with van der Waals surface area (Å²) in [4.78, 5) is 12.0. The molecule has 3 aromatic rings. The Morgan fingerprint density at radius 2 is 1.66 bits per heavy atom. The number of halogens is 1. The topological polar surface area (TPSA) is 66.5 Å². The molecule has 29 heavy (non-hydrogen) atoms. The second kappa shape index (κ2) is 8.68. The third-order valence-corrected chi connectivity index (χ3v) is 6.55. The first-order valence-electron chi connectivity index (χ1n) is 8.98. The Kier molecular flexibility index (Phi) is 6.25. The first kappa shape index (κ1) is 20.9. The fraction of sp³-hybridized carbons (Fsp3) is 0.136. The lowest BCUT2D eigenvalue weighted by Crippen LogP contribution is -2.31. The van der Waals surface area contributed by atoms with Gasteiger partial charge in [-0.1, -0.05) is 48.0 Å². The predicted octanol–water partition coefficient (Wildman–Crippen LogP) is 4.40. The summed E-state index contributed by atoms with van der Waals surface area (Å²) in [5, 5.41) is 3.02. The zero-order chi connectivity index (χ0) is 21.0. The van der Waals surface area contributed by atoms with Crippen LogP contribution in [0.4, 0.5) is 5.69 Å². The van der Waals surface area contributed by atoms with E-state index in [9.17, 15) is 13.2 Å². The Bertz CT molecular complexity index is 1110. The van der Waals surface area contributed by atoms with Gasteiger partial charge in [-0.25, -0.2) is 8.42 Å². The number of benzene rings is 3. The molecule has 0 aliphatic heterocycles. The zero-order valence-corrected chi connectivity index (χ0v) is 17.7. The molecular formula is C22H21ClN2O3S. The van der Waals surface area contributed by atoms with Crippen molar-refractivity contribution < 1.29 is 13.2 Å². The van der Waals surface area contributed by atoms with Crippen LogP contribution < -0.4 is 9.62 Å². The lowest BCUT2D eigenvalue weighted by Gasteiger charge is -2.26. The molecule has 0 spiro atoms. The molecule has 7 heteroatoms. The van der Waals surface area contributed by atoms with Crippen molar-refractivity contribution >= 4 is 33.2 Å². The van der Waals surface area contributed by atoms with Crippen molar-refractivity contribution in [3.8, 4) is 0 Å². The molecule has 0 bridgehead atoms. The van der Waals surface area contributed by atoms with Gasteiger partial charge in [0.2, 0.25) is 0 Å².